The van der Waals surface area contributed by atoms with Crippen LogP contribution in [-0.2, 0) is 0 Å². The number of nitrogens with one attached hydrogen (secondary N) is 1. The van der Waals surface area contributed by atoms with Gasteiger partial charge in [-0.25, -0.2) is 14.6 Å². The molecule has 0 aliphatic rings. The molecule has 0 atom stereocenters. The molecule has 0 aliphatic carbocycles. The third-order valence-electron chi connectivity index (χ3n) is 3.88. The second-order valence-corrected chi connectivity index (χ2v) is 5.94. The summed E-state index contributed by atoms with van der Waals surface area (Å²) in [6.45, 7) is 0. The molecule has 30 heavy (non-hydrogen) atoms. The molecule has 0 radical (unpaired) electrons. The fraction of sp³-hybridized carbons (Fsp3) is 0. The first kappa shape index (κ1) is 20.3. The highest BCUT2D eigenvalue weighted by molar-refractivity contribution is 5.95. The van der Waals surface area contributed by atoms with Gasteiger partial charge in [-0.3, -0.25) is 14.9 Å². The number of non-ortho nitro benzene ring substituents is 1. The lowest BCUT2D eigenvalue weighted by Crippen LogP contribution is -2.17. The van der Waals surface area contributed by atoms with Gasteiger partial charge in [0.05, 0.1) is 16.7 Å². The van der Waals surface area contributed by atoms with Crippen molar-refractivity contribution in [3.63, 3.8) is 0 Å². The van der Waals surface area contributed by atoms with E-state index in [1.165, 1.54) is 54.7 Å². The van der Waals surface area contributed by atoms with Crippen molar-refractivity contribution in [2.24, 2.45) is 5.10 Å². The minimum atomic E-state index is -0.821. The molecule has 0 fully saturated rings. The number of hydrogen-bond acceptors (Lipinski definition) is 6. The van der Waals surface area contributed by atoms with Gasteiger partial charge in [-0.15, -0.1) is 0 Å². The fourth-order valence-electron chi connectivity index (χ4n) is 2.40. The molecule has 0 saturated heterocycles. The van der Waals surface area contributed by atoms with E-state index < -0.39 is 22.6 Å². The summed E-state index contributed by atoms with van der Waals surface area (Å²) in [7, 11) is 0. The maximum atomic E-state index is 13.6. The minimum Gasteiger partial charge on any atom is -0.423 e. The Bertz CT molecular complexity index is 1130. The number of nitrogens with zero attached hydrogens (tertiary/aromatic N) is 2. The summed E-state index contributed by atoms with van der Waals surface area (Å²) in [5.41, 5.74) is 2.57. The molecule has 0 aliphatic heterocycles. The quantitative estimate of drug-likeness (QED) is 0.220. The largest absolute Gasteiger partial charge is 0.423 e. The summed E-state index contributed by atoms with van der Waals surface area (Å²) in [5.74, 6) is -1.89. The van der Waals surface area contributed by atoms with Gasteiger partial charge >= 0.3 is 5.97 Å². The lowest BCUT2D eigenvalue weighted by Gasteiger charge is -2.05. The third kappa shape index (κ3) is 5.10. The first-order chi connectivity index (χ1) is 14.4. The average Bonchev–Trinajstić information content (AvgIpc) is 2.75. The van der Waals surface area contributed by atoms with Crippen molar-refractivity contribution in [3.05, 3.63) is 105 Å². The SMILES string of the molecule is O=C(N/N=C\c1ccc(OC(=O)c2ccccc2F)cc1)c1cccc([N+](=O)[O-])c1. The number of hydrazone groups is 1. The number of rotatable bonds is 6. The number of ether oxygens (including phenoxy) is 1. The van der Waals surface area contributed by atoms with Crippen molar-refractivity contribution >= 4 is 23.8 Å². The number of nitro benzene ring substituents is 1. The third-order valence-corrected chi connectivity index (χ3v) is 3.88. The first-order valence-corrected chi connectivity index (χ1v) is 8.58. The predicted octanol–water partition coefficient (Wildman–Crippen LogP) is 3.72. The lowest BCUT2D eigenvalue weighted by atomic mass is 10.2. The van der Waals surface area contributed by atoms with E-state index in [2.05, 4.69) is 10.5 Å². The lowest BCUT2D eigenvalue weighted by molar-refractivity contribution is -0.384. The fourth-order valence-corrected chi connectivity index (χ4v) is 2.40. The van der Waals surface area contributed by atoms with E-state index in [0.717, 1.165) is 12.1 Å². The number of carbonyl (C=O) groups is 2. The van der Waals surface area contributed by atoms with Crippen LogP contribution in [0.5, 0.6) is 5.75 Å². The second-order valence-electron chi connectivity index (χ2n) is 5.94. The molecule has 0 unspecified atom stereocenters. The number of esters is 1. The molecular formula is C21H14FN3O5. The summed E-state index contributed by atoms with van der Waals surface area (Å²) in [6, 6.07) is 16.9. The van der Waals surface area contributed by atoms with Crippen LogP contribution >= 0.6 is 0 Å². The number of halogens is 1. The van der Waals surface area contributed by atoms with Gasteiger partial charge in [0.1, 0.15) is 11.6 Å². The number of benzene rings is 3. The van der Waals surface area contributed by atoms with Gasteiger partial charge in [0.25, 0.3) is 11.6 Å². The zero-order chi connectivity index (χ0) is 21.5. The summed E-state index contributed by atoms with van der Waals surface area (Å²) < 4.78 is 18.7. The van der Waals surface area contributed by atoms with E-state index in [4.69, 9.17) is 4.74 Å². The topological polar surface area (TPSA) is 111 Å². The van der Waals surface area contributed by atoms with Crippen LogP contribution < -0.4 is 10.2 Å². The van der Waals surface area contributed by atoms with Crippen molar-refractivity contribution in [3.8, 4) is 5.75 Å². The molecule has 1 N–H and O–H groups in total. The standard InChI is InChI=1S/C21H14FN3O5/c22-19-7-2-1-6-18(19)21(27)30-17-10-8-14(9-11-17)13-23-24-20(26)15-4-3-5-16(12-15)25(28)29/h1-13H,(H,24,26)/b23-13-. The van der Waals surface area contributed by atoms with Crippen LogP contribution in [0.15, 0.2) is 77.9 Å². The normalized spacial score (nSPS) is 10.6. The van der Waals surface area contributed by atoms with E-state index in [0.29, 0.717) is 5.56 Å². The number of carbonyl (C=O) groups excluding carboxylic acids is 2. The Morgan fingerprint density at radius 1 is 1.03 bits per heavy atom. The van der Waals surface area contributed by atoms with Gasteiger partial charge in [-0.2, -0.15) is 5.10 Å². The van der Waals surface area contributed by atoms with Crippen molar-refractivity contribution in [1.29, 1.82) is 0 Å². The average molecular weight is 407 g/mol. The Morgan fingerprint density at radius 2 is 1.77 bits per heavy atom. The number of amides is 1. The molecule has 0 bridgehead atoms. The van der Waals surface area contributed by atoms with Crippen molar-refractivity contribution < 1.29 is 23.6 Å². The Hall–Kier alpha value is -4.40. The van der Waals surface area contributed by atoms with Crippen molar-refractivity contribution in [1.82, 2.24) is 5.43 Å². The maximum Gasteiger partial charge on any atom is 0.346 e. The Labute approximate surface area is 169 Å². The van der Waals surface area contributed by atoms with Crippen LogP contribution in [0.3, 0.4) is 0 Å². The summed E-state index contributed by atoms with van der Waals surface area (Å²) in [5, 5.41) is 14.6. The highest BCUT2D eigenvalue weighted by atomic mass is 19.1. The number of hydrogen-bond donors (Lipinski definition) is 1. The predicted molar refractivity (Wildman–Crippen MR) is 106 cm³/mol. The van der Waals surface area contributed by atoms with Crippen LogP contribution in [0.4, 0.5) is 10.1 Å². The molecule has 9 heteroatoms. The van der Waals surface area contributed by atoms with E-state index >= 15 is 0 Å². The summed E-state index contributed by atoms with van der Waals surface area (Å²) in [6.07, 6.45) is 1.34. The van der Waals surface area contributed by atoms with Crippen LogP contribution in [0.2, 0.25) is 0 Å². The van der Waals surface area contributed by atoms with Crippen LogP contribution in [0.1, 0.15) is 26.3 Å². The maximum absolute atomic E-state index is 13.6. The zero-order valence-electron chi connectivity index (χ0n) is 15.3. The first-order valence-electron chi connectivity index (χ1n) is 8.58. The minimum absolute atomic E-state index is 0.0942. The highest BCUT2D eigenvalue weighted by Crippen LogP contribution is 2.15. The number of nitro groups is 1. The Balaban J connectivity index is 1.59. The molecule has 0 spiro atoms. The van der Waals surface area contributed by atoms with E-state index in [1.54, 1.807) is 12.1 Å². The van der Waals surface area contributed by atoms with Gasteiger partial charge in [0.15, 0.2) is 0 Å². The van der Waals surface area contributed by atoms with Crippen LogP contribution in [-0.4, -0.2) is 23.0 Å². The Morgan fingerprint density at radius 3 is 2.47 bits per heavy atom. The smallest absolute Gasteiger partial charge is 0.346 e. The summed E-state index contributed by atoms with van der Waals surface area (Å²) >= 11 is 0. The van der Waals surface area contributed by atoms with E-state index in [1.807, 2.05) is 0 Å². The molecule has 0 heterocycles. The molecule has 8 nitrogen and oxygen atoms in total. The van der Waals surface area contributed by atoms with Gasteiger partial charge in [-0.1, -0.05) is 18.2 Å². The van der Waals surface area contributed by atoms with E-state index in [9.17, 15) is 24.1 Å². The molecule has 3 aromatic rings. The van der Waals surface area contributed by atoms with Gasteiger partial charge in [0.2, 0.25) is 0 Å². The van der Waals surface area contributed by atoms with Gasteiger partial charge < -0.3 is 4.74 Å². The van der Waals surface area contributed by atoms with E-state index in [-0.39, 0.29) is 22.6 Å². The second kappa shape index (κ2) is 9.20. The molecule has 0 saturated carbocycles. The molecule has 150 valence electrons. The zero-order valence-corrected chi connectivity index (χ0v) is 15.3. The Kier molecular flexibility index (Phi) is 6.23. The molecule has 3 rings (SSSR count). The molecular weight excluding hydrogens is 393 g/mol. The van der Waals surface area contributed by atoms with Crippen LogP contribution in [0, 0.1) is 15.9 Å². The van der Waals surface area contributed by atoms with Gasteiger partial charge in [-0.05, 0) is 48.0 Å². The highest BCUT2D eigenvalue weighted by Gasteiger charge is 2.13. The van der Waals surface area contributed by atoms with Crippen LogP contribution in [0.25, 0.3) is 0 Å². The molecule has 0 aromatic heterocycles. The molecule has 3 aromatic carbocycles. The van der Waals surface area contributed by atoms with Crippen molar-refractivity contribution in [2.75, 3.05) is 0 Å². The monoisotopic (exact) mass is 407 g/mol. The molecule has 1 amide bonds. The van der Waals surface area contributed by atoms with Crippen molar-refractivity contribution in [2.45, 2.75) is 0 Å². The van der Waals surface area contributed by atoms with Gasteiger partial charge in [0, 0.05) is 17.7 Å². The summed E-state index contributed by atoms with van der Waals surface area (Å²) in [4.78, 5) is 34.2.